The molecule has 29 heavy (non-hydrogen) atoms. The van der Waals surface area contributed by atoms with Gasteiger partial charge in [0.25, 0.3) is 11.8 Å². The number of amides is 2. The third kappa shape index (κ3) is 6.47. The van der Waals surface area contributed by atoms with Crippen LogP contribution in [0.5, 0.6) is 5.75 Å². The topological polar surface area (TPSA) is 93.7 Å². The van der Waals surface area contributed by atoms with Gasteiger partial charge < -0.3 is 20.1 Å². The molecular formula is C20H18BrClN2O5. The molecule has 2 aromatic rings. The summed E-state index contributed by atoms with van der Waals surface area (Å²) >= 11 is 9.12. The number of rotatable bonds is 8. The number of hydrogen-bond donors (Lipinski definition) is 2. The zero-order valence-corrected chi connectivity index (χ0v) is 17.6. The number of carbonyl (C=O) groups is 3. The van der Waals surface area contributed by atoms with E-state index in [4.69, 9.17) is 21.1 Å². The highest BCUT2D eigenvalue weighted by Crippen LogP contribution is 2.28. The lowest BCUT2D eigenvalue weighted by molar-refractivity contribution is -0.149. The number of esters is 1. The molecule has 1 aliphatic carbocycles. The van der Waals surface area contributed by atoms with Crippen molar-refractivity contribution in [3.63, 3.8) is 0 Å². The summed E-state index contributed by atoms with van der Waals surface area (Å²) in [5.41, 5.74) is 0.711. The van der Waals surface area contributed by atoms with Gasteiger partial charge in [-0.2, -0.15) is 0 Å². The van der Waals surface area contributed by atoms with E-state index in [9.17, 15) is 14.4 Å². The maximum atomic E-state index is 12.3. The molecule has 0 saturated heterocycles. The Morgan fingerprint density at radius 3 is 2.59 bits per heavy atom. The molecule has 1 aliphatic rings. The van der Waals surface area contributed by atoms with Crippen LogP contribution in [0.4, 0.5) is 5.69 Å². The molecule has 0 radical (unpaired) electrons. The molecular weight excluding hydrogens is 464 g/mol. The highest BCUT2D eigenvalue weighted by molar-refractivity contribution is 9.10. The smallest absolute Gasteiger partial charge is 0.344 e. The van der Waals surface area contributed by atoms with E-state index in [0.717, 1.165) is 12.8 Å². The Bertz CT molecular complexity index is 933. The lowest BCUT2D eigenvalue weighted by atomic mass is 10.1. The average molecular weight is 482 g/mol. The van der Waals surface area contributed by atoms with Crippen LogP contribution in [0.1, 0.15) is 23.2 Å². The molecule has 3 rings (SSSR count). The van der Waals surface area contributed by atoms with Gasteiger partial charge in [-0.15, -0.1) is 0 Å². The van der Waals surface area contributed by atoms with E-state index >= 15 is 0 Å². The minimum absolute atomic E-state index is 0.202. The van der Waals surface area contributed by atoms with Gasteiger partial charge in [0.1, 0.15) is 5.75 Å². The molecule has 1 fully saturated rings. The zero-order chi connectivity index (χ0) is 20.8. The molecule has 2 amide bonds. The van der Waals surface area contributed by atoms with Crippen molar-refractivity contribution >= 4 is 51.0 Å². The largest absolute Gasteiger partial charge is 0.481 e. The van der Waals surface area contributed by atoms with Crippen LogP contribution in [0.2, 0.25) is 5.02 Å². The number of anilines is 1. The van der Waals surface area contributed by atoms with Gasteiger partial charge in [0.05, 0.1) is 15.7 Å². The normalized spacial score (nSPS) is 12.8. The molecule has 0 spiro atoms. The number of carbonyl (C=O) groups excluding carboxylic acids is 3. The van der Waals surface area contributed by atoms with Crippen molar-refractivity contribution in [3.8, 4) is 5.75 Å². The van der Waals surface area contributed by atoms with E-state index in [0.29, 0.717) is 26.5 Å². The summed E-state index contributed by atoms with van der Waals surface area (Å²) < 4.78 is 10.8. The fraction of sp³-hybridized carbons (Fsp3) is 0.250. The molecule has 152 valence electrons. The quantitative estimate of drug-likeness (QED) is 0.562. The van der Waals surface area contributed by atoms with E-state index in [1.807, 2.05) is 0 Å². The second kappa shape index (κ2) is 9.76. The maximum absolute atomic E-state index is 12.3. The van der Waals surface area contributed by atoms with Gasteiger partial charge in [0, 0.05) is 11.1 Å². The summed E-state index contributed by atoms with van der Waals surface area (Å²) in [5, 5.41) is 5.98. The number of benzene rings is 2. The summed E-state index contributed by atoms with van der Waals surface area (Å²) in [4.78, 5) is 36.2. The number of para-hydroxylation sites is 1. The summed E-state index contributed by atoms with van der Waals surface area (Å²) in [5.74, 6) is -1.09. The summed E-state index contributed by atoms with van der Waals surface area (Å²) in [6, 6.07) is 11.7. The molecule has 0 aliphatic heterocycles. The van der Waals surface area contributed by atoms with Crippen molar-refractivity contribution in [3.05, 3.63) is 57.5 Å². The van der Waals surface area contributed by atoms with Crippen LogP contribution in [-0.2, 0) is 14.3 Å². The van der Waals surface area contributed by atoms with Crippen LogP contribution >= 0.6 is 27.5 Å². The molecule has 0 atom stereocenters. The first kappa shape index (κ1) is 21.1. The Kier molecular flexibility index (Phi) is 7.11. The van der Waals surface area contributed by atoms with E-state index in [2.05, 4.69) is 26.6 Å². The van der Waals surface area contributed by atoms with Crippen LogP contribution in [0.25, 0.3) is 0 Å². The first-order chi connectivity index (χ1) is 13.9. The molecule has 0 aromatic heterocycles. The predicted octanol–water partition coefficient (Wildman–Crippen LogP) is 3.56. The van der Waals surface area contributed by atoms with Gasteiger partial charge in [-0.3, -0.25) is 9.59 Å². The maximum Gasteiger partial charge on any atom is 0.344 e. The Morgan fingerprint density at radius 2 is 1.86 bits per heavy atom. The van der Waals surface area contributed by atoms with E-state index in [-0.39, 0.29) is 18.6 Å². The van der Waals surface area contributed by atoms with Gasteiger partial charge >= 0.3 is 5.97 Å². The lowest BCUT2D eigenvalue weighted by Gasteiger charge is -2.12. The van der Waals surface area contributed by atoms with Crippen molar-refractivity contribution < 1.29 is 23.9 Å². The van der Waals surface area contributed by atoms with Crippen LogP contribution in [-0.4, -0.2) is 37.0 Å². The molecule has 2 N–H and O–H groups in total. The molecule has 0 bridgehead atoms. The summed E-state index contributed by atoms with van der Waals surface area (Å²) in [7, 11) is 0. The Balaban J connectivity index is 1.47. The van der Waals surface area contributed by atoms with Crippen molar-refractivity contribution in [1.82, 2.24) is 5.32 Å². The van der Waals surface area contributed by atoms with Crippen LogP contribution in [0.3, 0.4) is 0 Å². The van der Waals surface area contributed by atoms with Crippen molar-refractivity contribution in [2.45, 2.75) is 18.9 Å². The SMILES string of the molecule is O=C(COC(=O)COc1ccc(Cl)cc1Br)Nc1ccccc1C(=O)NC1CC1. The molecule has 0 unspecified atom stereocenters. The predicted molar refractivity (Wildman–Crippen MR) is 111 cm³/mol. The van der Waals surface area contributed by atoms with Crippen molar-refractivity contribution in [2.24, 2.45) is 0 Å². The minimum atomic E-state index is -0.707. The van der Waals surface area contributed by atoms with Crippen LogP contribution in [0.15, 0.2) is 46.9 Å². The standard InChI is InChI=1S/C20H18BrClN2O5/c21-15-9-12(22)5-8-17(15)28-11-19(26)29-10-18(25)24-16-4-2-1-3-14(16)20(27)23-13-6-7-13/h1-5,8-9,13H,6-7,10-11H2,(H,23,27)(H,24,25). The highest BCUT2D eigenvalue weighted by atomic mass is 79.9. The van der Waals surface area contributed by atoms with Gasteiger partial charge in [0.15, 0.2) is 13.2 Å². The Labute approximate surface area is 180 Å². The molecule has 9 heteroatoms. The second-order valence-electron chi connectivity index (χ2n) is 6.37. The summed E-state index contributed by atoms with van der Waals surface area (Å²) in [6.07, 6.45) is 1.93. The van der Waals surface area contributed by atoms with Gasteiger partial charge in [-0.05, 0) is 59.1 Å². The van der Waals surface area contributed by atoms with Crippen LogP contribution < -0.4 is 15.4 Å². The fourth-order valence-electron chi connectivity index (χ4n) is 2.38. The van der Waals surface area contributed by atoms with Crippen molar-refractivity contribution in [2.75, 3.05) is 18.5 Å². The van der Waals surface area contributed by atoms with Gasteiger partial charge in [-0.1, -0.05) is 23.7 Å². The van der Waals surface area contributed by atoms with Crippen molar-refractivity contribution in [1.29, 1.82) is 0 Å². The molecule has 1 saturated carbocycles. The number of halogens is 2. The molecule has 7 nitrogen and oxygen atoms in total. The van der Waals surface area contributed by atoms with E-state index in [1.54, 1.807) is 42.5 Å². The highest BCUT2D eigenvalue weighted by Gasteiger charge is 2.25. The first-order valence-corrected chi connectivity index (χ1v) is 10.0. The zero-order valence-electron chi connectivity index (χ0n) is 15.2. The Hall–Kier alpha value is -2.58. The number of nitrogens with one attached hydrogen (secondary N) is 2. The second-order valence-corrected chi connectivity index (χ2v) is 7.66. The Morgan fingerprint density at radius 1 is 1.10 bits per heavy atom. The first-order valence-electron chi connectivity index (χ1n) is 8.85. The summed E-state index contributed by atoms with van der Waals surface area (Å²) in [6.45, 7) is -0.865. The average Bonchev–Trinajstić information content (AvgIpc) is 3.50. The number of hydrogen-bond acceptors (Lipinski definition) is 5. The third-order valence-electron chi connectivity index (χ3n) is 3.96. The van der Waals surface area contributed by atoms with Gasteiger partial charge in [0.2, 0.25) is 0 Å². The molecule has 2 aromatic carbocycles. The van der Waals surface area contributed by atoms with Crippen LogP contribution in [0, 0.1) is 0 Å². The lowest BCUT2D eigenvalue weighted by Crippen LogP contribution is -2.28. The van der Waals surface area contributed by atoms with E-state index < -0.39 is 18.5 Å². The monoisotopic (exact) mass is 480 g/mol. The fourth-order valence-corrected chi connectivity index (χ4v) is 3.18. The third-order valence-corrected chi connectivity index (χ3v) is 4.82. The minimum Gasteiger partial charge on any atom is -0.481 e. The number of ether oxygens (including phenoxy) is 2. The van der Waals surface area contributed by atoms with Gasteiger partial charge in [-0.25, -0.2) is 4.79 Å². The van der Waals surface area contributed by atoms with E-state index in [1.165, 1.54) is 0 Å². The molecule has 0 heterocycles.